The number of imidazole rings is 1. The first-order valence-electron chi connectivity index (χ1n) is 7.80. The molecule has 1 aliphatic carbocycles. The molecule has 0 spiro atoms. The topological polar surface area (TPSA) is 41.3 Å². The van der Waals surface area contributed by atoms with Crippen molar-refractivity contribution in [3.8, 4) is 0 Å². The largest absolute Gasteiger partial charge is 0.387 e. The summed E-state index contributed by atoms with van der Waals surface area (Å²) in [5.74, 6) is 0. The van der Waals surface area contributed by atoms with Gasteiger partial charge in [0.15, 0.2) is 0 Å². The molecule has 1 N–H and O–H groups in total. The Morgan fingerprint density at radius 3 is 2.67 bits per heavy atom. The standard InChI is InChI=1S/C17H21N3O/c21-17-15-4-2-1-3-13(15)11-16(17)19-8-5-14(6-9-19)20-10-7-18-12-20/h1-4,7,10,12,14,16-17,21H,5-6,8-9,11H2. The van der Waals surface area contributed by atoms with Crippen molar-refractivity contribution >= 4 is 0 Å². The number of aromatic nitrogens is 2. The van der Waals surface area contributed by atoms with Crippen LogP contribution in [-0.4, -0.2) is 38.7 Å². The van der Waals surface area contributed by atoms with Gasteiger partial charge in [0.2, 0.25) is 0 Å². The Morgan fingerprint density at radius 1 is 1.14 bits per heavy atom. The number of benzene rings is 1. The lowest BCUT2D eigenvalue weighted by atomic mass is 10.0. The van der Waals surface area contributed by atoms with Crippen LogP contribution in [0.1, 0.15) is 36.1 Å². The summed E-state index contributed by atoms with van der Waals surface area (Å²) in [6.07, 6.45) is 8.75. The number of hydrogen-bond donors (Lipinski definition) is 1. The molecule has 21 heavy (non-hydrogen) atoms. The van der Waals surface area contributed by atoms with Crippen LogP contribution >= 0.6 is 0 Å². The van der Waals surface area contributed by atoms with Crippen LogP contribution in [-0.2, 0) is 6.42 Å². The van der Waals surface area contributed by atoms with E-state index in [9.17, 15) is 5.11 Å². The molecule has 1 fully saturated rings. The predicted octanol–water partition coefficient (Wildman–Crippen LogP) is 2.18. The Kier molecular flexibility index (Phi) is 3.28. The van der Waals surface area contributed by atoms with Gasteiger partial charge in [-0.2, -0.15) is 0 Å². The third kappa shape index (κ3) is 2.28. The van der Waals surface area contributed by atoms with Crippen molar-refractivity contribution in [2.24, 2.45) is 0 Å². The molecular weight excluding hydrogens is 262 g/mol. The van der Waals surface area contributed by atoms with Gasteiger partial charge in [-0.05, 0) is 30.4 Å². The number of fused-ring (bicyclic) bond motifs is 1. The second-order valence-electron chi connectivity index (χ2n) is 6.19. The minimum atomic E-state index is -0.328. The highest BCUT2D eigenvalue weighted by molar-refractivity contribution is 5.35. The molecule has 2 heterocycles. The van der Waals surface area contributed by atoms with Crippen molar-refractivity contribution in [2.75, 3.05) is 13.1 Å². The van der Waals surface area contributed by atoms with Crippen LogP contribution in [0.3, 0.4) is 0 Å². The zero-order valence-electron chi connectivity index (χ0n) is 12.1. The van der Waals surface area contributed by atoms with Crippen molar-refractivity contribution in [3.05, 3.63) is 54.1 Å². The van der Waals surface area contributed by atoms with Crippen LogP contribution in [0.4, 0.5) is 0 Å². The molecule has 2 aliphatic rings. The Balaban J connectivity index is 1.44. The molecule has 110 valence electrons. The number of rotatable bonds is 2. The van der Waals surface area contributed by atoms with E-state index in [1.165, 1.54) is 5.56 Å². The van der Waals surface area contributed by atoms with Gasteiger partial charge < -0.3 is 9.67 Å². The summed E-state index contributed by atoms with van der Waals surface area (Å²) in [4.78, 5) is 6.61. The van der Waals surface area contributed by atoms with Crippen molar-refractivity contribution in [3.63, 3.8) is 0 Å². The van der Waals surface area contributed by atoms with E-state index in [1.807, 2.05) is 18.6 Å². The smallest absolute Gasteiger partial charge is 0.0951 e. The zero-order chi connectivity index (χ0) is 14.2. The van der Waals surface area contributed by atoms with E-state index in [2.05, 4.69) is 38.8 Å². The number of aliphatic hydroxyl groups is 1. The fraction of sp³-hybridized carbons (Fsp3) is 0.471. The van der Waals surface area contributed by atoms with Gasteiger partial charge in [0, 0.05) is 37.6 Å². The molecule has 4 heteroatoms. The molecular formula is C17H21N3O. The summed E-state index contributed by atoms with van der Waals surface area (Å²) in [7, 11) is 0. The highest BCUT2D eigenvalue weighted by atomic mass is 16.3. The normalized spacial score (nSPS) is 26.9. The third-order valence-corrected chi connectivity index (χ3v) is 5.08. The van der Waals surface area contributed by atoms with Gasteiger partial charge >= 0.3 is 0 Å². The molecule has 0 amide bonds. The molecule has 4 rings (SSSR count). The number of piperidine rings is 1. The van der Waals surface area contributed by atoms with Gasteiger partial charge in [0.25, 0.3) is 0 Å². The molecule has 1 aromatic heterocycles. The van der Waals surface area contributed by atoms with E-state index < -0.39 is 0 Å². The molecule has 0 radical (unpaired) electrons. The molecule has 2 unspecified atom stereocenters. The van der Waals surface area contributed by atoms with Crippen LogP contribution in [0.25, 0.3) is 0 Å². The Labute approximate surface area is 125 Å². The van der Waals surface area contributed by atoms with Gasteiger partial charge in [-0.25, -0.2) is 4.98 Å². The minimum Gasteiger partial charge on any atom is -0.387 e. The average Bonchev–Trinajstić information content (AvgIpc) is 3.17. The second kappa shape index (κ2) is 5.28. The van der Waals surface area contributed by atoms with E-state index in [0.29, 0.717) is 6.04 Å². The predicted molar refractivity (Wildman–Crippen MR) is 81.0 cm³/mol. The number of likely N-dealkylation sites (tertiary alicyclic amines) is 1. The van der Waals surface area contributed by atoms with Crippen molar-refractivity contribution in [2.45, 2.75) is 37.5 Å². The van der Waals surface area contributed by atoms with Crippen LogP contribution in [0.5, 0.6) is 0 Å². The van der Waals surface area contributed by atoms with Crippen LogP contribution in [0, 0.1) is 0 Å². The van der Waals surface area contributed by atoms with Crippen LogP contribution < -0.4 is 0 Å². The lowest BCUT2D eigenvalue weighted by Gasteiger charge is -2.37. The van der Waals surface area contributed by atoms with Gasteiger partial charge in [0.1, 0.15) is 0 Å². The summed E-state index contributed by atoms with van der Waals surface area (Å²) in [5.41, 5.74) is 2.44. The first kappa shape index (κ1) is 13.0. The maximum Gasteiger partial charge on any atom is 0.0951 e. The molecule has 1 saturated heterocycles. The van der Waals surface area contributed by atoms with E-state index >= 15 is 0 Å². The molecule has 1 aliphatic heterocycles. The summed E-state index contributed by atoms with van der Waals surface area (Å²) in [6.45, 7) is 2.11. The Hall–Kier alpha value is -1.65. The molecule has 0 bridgehead atoms. The van der Waals surface area contributed by atoms with Crippen LogP contribution in [0.2, 0.25) is 0 Å². The summed E-state index contributed by atoms with van der Waals surface area (Å²) >= 11 is 0. The third-order valence-electron chi connectivity index (χ3n) is 5.08. The lowest BCUT2D eigenvalue weighted by Crippen LogP contribution is -2.43. The maximum atomic E-state index is 10.6. The zero-order valence-corrected chi connectivity index (χ0v) is 12.1. The van der Waals surface area contributed by atoms with Gasteiger partial charge in [-0.3, -0.25) is 4.90 Å². The van der Waals surface area contributed by atoms with E-state index in [0.717, 1.165) is 37.9 Å². The maximum absolute atomic E-state index is 10.6. The molecule has 1 aromatic carbocycles. The Bertz CT molecular complexity index is 602. The highest BCUT2D eigenvalue weighted by Gasteiger charge is 2.36. The molecule has 4 nitrogen and oxygen atoms in total. The summed E-state index contributed by atoms with van der Waals surface area (Å²) in [5, 5.41) is 10.6. The molecule has 2 aromatic rings. The van der Waals surface area contributed by atoms with Crippen molar-refractivity contribution in [1.82, 2.24) is 14.5 Å². The minimum absolute atomic E-state index is 0.256. The first-order valence-corrected chi connectivity index (χ1v) is 7.80. The van der Waals surface area contributed by atoms with Crippen molar-refractivity contribution in [1.29, 1.82) is 0 Å². The fourth-order valence-electron chi connectivity index (χ4n) is 3.88. The van der Waals surface area contributed by atoms with Gasteiger partial charge in [-0.1, -0.05) is 24.3 Å². The SMILES string of the molecule is OC1c2ccccc2CC1N1CCC(n2ccnc2)CC1. The van der Waals surface area contributed by atoms with Crippen LogP contribution in [0.15, 0.2) is 43.0 Å². The van der Waals surface area contributed by atoms with E-state index in [-0.39, 0.29) is 12.1 Å². The summed E-state index contributed by atoms with van der Waals surface area (Å²) < 4.78 is 2.22. The Morgan fingerprint density at radius 2 is 1.95 bits per heavy atom. The highest BCUT2D eigenvalue weighted by Crippen LogP contribution is 2.36. The van der Waals surface area contributed by atoms with E-state index in [1.54, 1.807) is 0 Å². The number of hydrogen-bond acceptors (Lipinski definition) is 3. The summed E-state index contributed by atoms with van der Waals surface area (Å²) in [6, 6.07) is 9.13. The number of aliphatic hydroxyl groups excluding tert-OH is 1. The van der Waals surface area contributed by atoms with Crippen molar-refractivity contribution < 1.29 is 5.11 Å². The lowest BCUT2D eigenvalue weighted by molar-refractivity contribution is 0.0404. The molecule has 2 atom stereocenters. The van der Waals surface area contributed by atoms with Gasteiger partial charge in [0.05, 0.1) is 12.4 Å². The second-order valence-corrected chi connectivity index (χ2v) is 6.19. The first-order chi connectivity index (χ1) is 10.3. The fourth-order valence-corrected chi connectivity index (χ4v) is 3.88. The van der Waals surface area contributed by atoms with Gasteiger partial charge in [-0.15, -0.1) is 0 Å². The van der Waals surface area contributed by atoms with E-state index in [4.69, 9.17) is 0 Å². The molecule has 0 saturated carbocycles. The monoisotopic (exact) mass is 283 g/mol. The number of nitrogens with zero attached hydrogens (tertiary/aromatic N) is 3. The average molecular weight is 283 g/mol. The quantitative estimate of drug-likeness (QED) is 0.918.